The molecule has 8 heteroatoms. The van der Waals surface area contributed by atoms with Gasteiger partial charge in [0, 0.05) is 15.5 Å². The summed E-state index contributed by atoms with van der Waals surface area (Å²) < 4.78 is 6.09. The van der Waals surface area contributed by atoms with Crippen molar-refractivity contribution in [2.24, 2.45) is 0 Å². The minimum atomic E-state index is -0.977. The zero-order valence-corrected chi connectivity index (χ0v) is 15.9. The van der Waals surface area contributed by atoms with Gasteiger partial charge in [-0.25, -0.2) is 5.10 Å². The normalized spacial score (nSPS) is 11.8. The summed E-state index contributed by atoms with van der Waals surface area (Å²) in [6, 6.07) is 13.9. The second-order valence-corrected chi connectivity index (χ2v) is 6.77. The maximum atomic E-state index is 12.2. The third-order valence-electron chi connectivity index (χ3n) is 3.88. The maximum Gasteiger partial charge on any atom is 0.312 e. The Morgan fingerprint density at radius 1 is 1.15 bits per heavy atom. The number of nitrogens with one attached hydrogen (secondary N) is 2. The van der Waals surface area contributed by atoms with Gasteiger partial charge in [0.1, 0.15) is 0 Å². The minimum absolute atomic E-state index is 0.160. The molecule has 1 heterocycles. The molecule has 0 aliphatic carbocycles. The first-order valence-corrected chi connectivity index (χ1v) is 8.95. The Bertz CT molecular complexity index is 1050. The molecule has 0 fully saturated rings. The van der Waals surface area contributed by atoms with Crippen LogP contribution in [-0.4, -0.2) is 28.2 Å². The van der Waals surface area contributed by atoms with Crippen LogP contribution >= 0.6 is 15.9 Å². The Balaban J connectivity index is 1.65. The monoisotopic (exact) mass is 429 g/mol. The van der Waals surface area contributed by atoms with Gasteiger partial charge in [-0.1, -0.05) is 34.1 Å². The summed E-state index contributed by atoms with van der Waals surface area (Å²) in [4.78, 5) is 36.2. The van der Waals surface area contributed by atoms with Crippen LogP contribution in [-0.2, 0) is 20.7 Å². The summed E-state index contributed by atoms with van der Waals surface area (Å²) in [6.45, 7) is 1.49. The van der Waals surface area contributed by atoms with Gasteiger partial charge < -0.3 is 10.1 Å². The topological polar surface area (TPSA) is 101 Å². The molecule has 0 spiro atoms. The number of aromatic nitrogens is 2. The van der Waals surface area contributed by atoms with Gasteiger partial charge in [0.15, 0.2) is 6.10 Å². The number of halogens is 1. The molecule has 7 nitrogen and oxygen atoms in total. The number of anilines is 1. The Kier molecular flexibility index (Phi) is 5.66. The smallest absolute Gasteiger partial charge is 0.312 e. The minimum Gasteiger partial charge on any atom is -0.452 e. The number of carbonyl (C=O) groups is 2. The molecule has 0 bridgehead atoms. The van der Waals surface area contributed by atoms with Crippen molar-refractivity contribution in [3.63, 3.8) is 0 Å². The van der Waals surface area contributed by atoms with Gasteiger partial charge in [-0.2, -0.15) is 5.10 Å². The number of benzene rings is 2. The summed E-state index contributed by atoms with van der Waals surface area (Å²) in [5.74, 6) is -1.05. The molecule has 0 aliphatic heterocycles. The fourth-order valence-electron chi connectivity index (χ4n) is 2.51. The van der Waals surface area contributed by atoms with Gasteiger partial charge in [0.2, 0.25) is 0 Å². The molecule has 0 aliphatic rings. The van der Waals surface area contributed by atoms with Crippen LogP contribution in [0.4, 0.5) is 5.69 Å². The number of hydrogen-bond acceptors (Lipinski definition) is 5. The molecule has 0 unspecified atom stereocenters. The number of nitrogens with zero attached hydrogens (tertiary/aromatic N) is 1. The highest BCUT2D eigenvalue weighted by Gasteiger charge is 2.19. The number of rotatable bonds is 5. The molecule has 2 N–H and O–H groups in total. The maximum absolute atomic E-state index is 12.2. The highest BCUT2D eigenvalue weighted by atomic mass is 79.9. The van der Waals surface area contributed by atoms with Crippen LogP contribution in [0.15, 0.2) is 57.8 Å². The van der Waals surface area contributed by atoms with Crippen molar-refractivity contribution >= 4 is 44.3 Å². The van der Waals surface area contributed by atoms with E-state index in [9.17, 15) is 14.4 Å². The van der Waals surface area contributed by atoms with Crippen molar-refractivity contribution in [1.29, 1.82) is 0 Å². The Hall–Kier alpha value is -3.00. The zero-order valence-electron chi connectivity index (χ0n) is 14.4. The van der Waals surface area contributed by atoms with E-state index in [0.717, 1.165) is 4.47 Å². The molecule has 0 saturated heterocycles. The van der Waals surface area contributed by atoms with E-state index in [2.05, 4.69) is 31.4 Å². The number of H-pyrrole nitrogens is 1. The number of esters is 1. The fraction of sp³-hybridized carbons (Fsp3) is 0.158. The fourth-order valence-corrected chi connectivity index (χ4v) is 2.78. The van der Waals surface area contributed by atoms with Crippen molar-refractivity contribution in [2.45, 2.75) is 19.4 Å². The van der Waals surface area contributed by atoms with Crippen molar-refractivity contribution in [3.05, 3.63) is 69.1 Å². The van der Waals surface area contributed by atoms with Gasteiger partial charge >= 0.3 is 5.97 Å². The van der Waals surface area contributed by atoms with Crippen LogP contribution in [0.3, 0.4) is 0 Å². The number of aromatic amines is 1. The average Bonchev–Trinajstić information content (AvgIpc) is 2.66. The van der Waals surface area contributed by atoms with Crippen molar-refractivity contribution in [2.75, 3.05) is 5.32 Å². The van der Waals surface area contributed by atoms with E-state index >= 15 is 0 Å². The Labute approximate surface area is 162 Å². The quantitative estimate of drug-likeness (QED) is 0.607. The number of amides is 1. The highest BCUT2D eigenvalue weighted by molar-refractivity contribution is 9.10. The molecule has 138 valence electrons. The summed E-state index contributed by atoms with van der Waals surface area (Å²) in [6.07, 6.45) is -1.14. The average molecular weight is 430 g/mol. The molecule has 0 saturated carbocycles. The summed E-state index contributed by atoms with van der Waals surface area (Å²) in [5, 5.41) is 9.99. The molecule has 27 heavy (non-hydrogen) atoms. The Morgan fingerprint density at radius 2 is 1.81 bits per heavy atom. The molecule has 1 aromatic heterocycles. The first kappa shape index (κ1) is 18.8. The summed E-state index contributed by atoms with van der Waals surface area (Å²) in [7, 11) is 0. The van der Waals surface area contributed by atoms with E-state index in [1.165, 1.54) is 6.92 Å². The number of carbonyl (C=O) groups excluding carboxylic acids is 2. The second kappa shape index (κ2) is 8.13. The van der Waals surface area contributed by atoms with E-state index in [1.807, 2.05) is 0 Å². The van der Waals surface area contributed by atoms with Gasteiger partial charge in [-0.3, -0.25) is 14.4 Å². The van der Waals surface area contributed by atoms with Gasteiger partial charge in [0.05, 0.1) is 17.5 Å². The number of hydrogen-bond donors (Lipinski definition) is 2. The summed E-state index contributed by atoms with van der Waals surface area (Å²) in [5.41, 5.74) is 0.653. The first-order valence-electron chi connectivity index (χ1n) is 8.16. The lowest BCUT2D eigenvalue weighted by atomic mass is 10.1. The molecular formula is C19H16BrN3O4. The lowest BCUT2D eigenvalue weighted by Gasteiger charge is -2.14. The van der Waals surface area contributed by atoms with Crippen LogP contribution in [0, 0.1) is 0 Å². The molecule has 0 radical (unpaired) electrons. The molecule has 1 amide bonds. The predicted octanol–water partition coefficient (Wildman–Crippen LogP) is 2.80. The predicted molar refractivity (Wildman–Crippen MR) is 104 cm³/mol. The zero-order chi connectivity index (χ0) is 19.4. The third kappa shape index (κ3) is 4.59. The first-order chi connectivity index (χ1) is 12.9. The van der Waals surface area contributed by atoms with Crippen LogP contribution in [0.25, 0.3) is 10.8 Å². The van der Waals surface area contributed by atoms with Crippen LogP contribution in [0.5, 0.6) is 0 Å². The van der Waals surface area contributed by atoms with Crippen LogP contribution < -0.4 is 10.9 Å². The molecule has 1 atom stereocenters. The van der Waals surface area contributed by atoms with Crippen LogP contribution in [0.2, 0.25) is 0 Å². The van der Waals surface area contributed by atoms with E-state index in [4.69, 9.17) is 4.74 Å². The lowest BCUT2D eigenvalue weighted by Crippen LogP contribution is -2.30. The van der Waals surface area contributed by atoms with Crippen LogP contribution in [0.1, 0.15) is 12.6 Å². The molecule has 3 rings (SSSR count). The van der Waals surface area contributed by atoms with Gasteiger partial charge in [-0.05, 0) is 37.3 Å². The molecular weight excluding hydrogens is 414 g/mol. The van der Waals surface area contributed by atoms with E-state index in [1.54, 1.807) is 48.5 Å². The molecule has 3 aromatic rings. The molecule has 2 aromatic carbocycles. The second-order valence-electron chi connectivity index (χ2n) is 5.85. The number of ether oxygens (including phenoxy) is 1. The summed E-state index contributed by atoms with van der Waals surface area (Å²) >= 11 is 3.32. The van der Waals surface area contributed by atoms with Crippen molar-refractivity contribution < 1.29 is 14.3 Å². The van der Waals surface area contributed by atoms with E-state index in [-0.39, 0.29) is 12.0 Å². The standard InChI is InChI=1S/C19H16BrN3O4/c1-11(18(25)21-13-8-6-12(20)7-9-13)27-17(24)10-16-14-4-2-3-5-15(14)19(26)23-22-16/h2-9,11H,10H2,1H3,(H,21,25)(H,23,26)/t11-/m0/s1. The third-order valence-corrected chi connectivity index (χ3v) is 4.40. The SMILES string of the molecule is C[C@H](OC(=O)Cc1n[nH]c(=O)c2ccccc12)C(=O)Nc1ccc(Br)cc1. The van der Waals surface area contributed by atoms with E-state index in [0.29, 0.717) is 22.2 Å². The van der Waals surface area contributed by atoms with Crippen molar-refractivity contribution in [1.82, 2.24) is 10.2 Å². The highest BCUT2D eigenvalue weighted by Crippen LogP contribution is 2.15. The Morgan fingerprint density at radius 3 is 2.52 bits per heavy atom. The lowest BCUT2D eigenvalue weighted by molar-refractivity contribution is -0.152. The van der Waals surface area contributed by atoms with Gasteiger partial charge in [-0.15, -0.1) is 0 Å². The van der Waals surface area contributed by atoms with Crippen molar-refractivity contribution in [3.8, 4) is 0 Å². The number of fused-ring (bicyclic) bond motifs is 1. The van der Waals surface area contributed by atoms with Gasteiger partial charge in [0.25, 0.3) is 11.5 Å². The largest absolute Gasteiger partial charge is 0.452 e. The van der Waals surface area contributed by atoms with E-state index < -0.39 is 18.0 Å².